The van der Waals surface area contributed by atoms with Gasteiger partial charge in [0.25, 0.3) is 0 Å². The van der Waals surface area contributed by atoms with Crippen LogP contribution in [-0.4, -0.2) is 19.0 Å². The maximum atomic E-state index is 11.6. The third-order valence-corrected chi connectivity index (χ3v) is 3.00. The van der Waals surface area contributed by atoms with Gasteiger partial charge in [-0.3, -0.25) is 4.79 Å². The summed E-state index contributed by atoms with van der Waals surface area (Å²) in [5.74, 6) is 0.821. The van der Waals surface area contributed by atoms with Crippen molar-refractivity contribution < 1.29 is 4.79 Å². The second-order valence-corrected chi connectivity index (χ2v) is 5.45. The van der Waals surface area contributed by atoms with E-state index in [0.717, 1.165) is 25.1 Å². The Bertz CT molecular complexity index is 388. The van der Waals surface area contributed by atoms with E-state index in [-0.39, 0.29) is 5.91 Å². The molecule has 3 nitrogen and oxygen atoms in total. The van der Waals surface area contributed by atoms with Gasteiger partial charge in [0.2, 0.25) is 5.91 Å². The highest BCUT2D eigenvalue weighted by Gasteiger charge is 2.01. The van der Waals surface area contributed by atoms with Gasteiger partial charge in [-0.2, -0.15) is 0 Å². The minimum absolute atomic E-state index is 0.110. The van der Waals surface area contributed by atoms with Crippen LogP contribution in [0.25, 0.3) is 0 Å². The van der Waals surface area contributed by atoms with Crippen molar-refractivity contribution in [1.29, 1.82) is 0 Å². The molecule has 0 atom stereocenters. The molecule has 0 aromatic heterocycles. The van der Waals surface area contributed by atoms with E-state index < -0.39 is 0 Å². The molecule has 0 aliphatic heterocycles. The summed E-state index contributed by atoms with van der Waals surface area (Å²) in [6.45, 7) is 8.83. The van der Waals surface area contributed by atoms with E-state index >= 15 is 0 Å². The number of rotatable bonds is 8. The van der Waals surface area contributed by atoms with E-state index in [1.165, 1.54) is 5.56 Å². The summed E-state index contributed by atoms with van der Waals surface area (Å²) in [4.78, 5) is 11.6. The van der Waals surface area contributed by atoms with Gasteiger partial charge < -0.3 is 10.6 Å². The van der Waals surface area contributed by atoms with Crippen LogP contribution in [0.15, 0.2) is 24.3 Å². The first-order chi connectivity index (χ1) is 9.08. The third kappa shape index (κ3) is 7.62. The largest absolute Gasteiger partial charge is 0.352 e. The topological polar surface area (TPSA) is 41.1 Å². The SMILES string of the molecule is Cc1cccc(CNC(=O)CCNCCC(C)C)c1. The molecule has 2 N–H and O–H groups in total. The van der Waals surface area contributed by atoms with Gasteiger partial charge in [-0.15, -0.1) is 0 Å². The van der Waals surface area contributed by atoms with Crippen LogP contribution in [0.1, 0.15) is 37.8 Å². The number of hydrogen-bond donors (Lipinski definition) is 2. The first-order valence-corrected chi connectivity index (χ1v) is 7.11. The molecule has 1 aromatic rings. The fourth-order valence-corrected chi connectivity index (χ4v) is 1.83. The van der Waals surface area contributed by atoms with Gasteiger partial charge in [-0.25, -0.2) is 0 Å². The summed E-state index contributed by atoms with van der Waals surface area (Å²) in [6.07, 6.45) is 1.70. The molecule has 0 radical (unpaired) electrons. The van der Waals surface area contributed by atoms with Gasteiger partial charge in [-0.1, -0.05) is 43.7 Å². The zero-order valence-corrected chi connectivity index (χ0v) is 12.3. The Balaban J connectivity index is 2.11. The predicted molar refractivity (Wildman–Crippen MR) is 80.0 cm³/mol. The Morgan fingerprint density at radius 2 is 2.05 bits per heavy atom. The van der Waals surface area contributed by atoms with Gasteiger partial charge in [0.1, 0.15) is 0 Å². The van der Waals surface area contributed by atoms with Crippen LogP contribution in [0, 0.1) is 12.8 Å². The lowest BCUT2D eigenvalue weighted by molar-refractivity contribution is -0.121. The molecule has 19 heavy (non-hydrogen) atoms. The zero-order valence-electron chi connectivity index (χ0n) is 12.3. The lowest BCUT2D eigenvalue weighted by Gasteiger charge is -2.08. The smallest absolute Gasteiger partial charge is 0.221 e. The van der Waals surface area contributed by atoms with Gasteiger partial charge in [0.05, 0.1) is 0 Å². The minimum Gasteiger partial charge on any atom is -0.352 e. The molecular formula is C16H26N2O. The van der Waals surface area contributed by atoms with Crippen LogP contribution >= 0.6 is 0 Å². The summed E-state index contributed by atoms with van der Waals surface area (Å²) >= 11 is 0. The van der Waals surface area contributed by atoms with Gasteiger partial charge in [0.15, 0.2) is 0 Å². The standard InChI is InChI=1S/C16H26N2O/c1-13(2)7-9-17-10-8-16(19)18-12-15-6-4-5-14(3)11-15/h4-6,11,13,17H,7-10,12H2,1-3H3,(H,18,19). The Kier molecular flexibility index (Phi) is 7.19. The molecule has 3 heteroatoms. The molecular weight excluding hydrogens is 236 g/mol. The van der Waals surface area contributed by atoms with Crippen LogP contribution in [0.2, 0.25) is 0 Å². The Morgan fingerprint density at radius 1 is 1.26 bits per heavy atom. The molecule has 0 bridgehead atoms. The van der Waals surface area contributed by atoms with E-state index in [1.807, 2.05) is 12.1 Å². The highest BCUT2D eigenvalue weighted by Crippen LogP contribution is 2.03. The number of amides is 1. The number of nitrogens with one attached hydrogen (secondary N) is 2. The van der Waals surface area contributed by atoms with Crippen molar-refractivity contribution in [2.75, 3.05) is 13.1 Å². The first kappa shape index (κ1) is 15.7. The Labute approximate surface area is 116 Å². The fourth-order valence-electron chi connectivity index (χ4n) is 1.83. The Morgan fingerprint density at radius 3 is 2.74 bits per heavy atom. The second kappa shape index (κ2) is 8.70. The molecule has 1 rings (SSSR count). The van der Waals surface area contributed by atoms with E-state index in [1.54, 1.807) is 0 Å². The number of carbonyl (C=O) groups excluding carboxylic acids is 1. The van der Waals surface area contributed by atoms with Crippen LogP contribution in [0.5, 0.6) is 0 Å². The highest BCUT2D eigenvalue weighted by atomic mass is 16.1. The van der Waals surface area contributed by atoms with Crippen molar-refractivity contribution in [1.82, 2.24) is 10.6 Å². The first-order valence-electron chi connectivity index (χ1n) is 7.11. The average molecular weight is 262 g/mol. The number of benzene rings is 1. The number of aryl methyl sites for hydroxylation is 1. The third-order valence-electron chi connectivity index (χ3n) is 3.00. The summed E-state index contributed by atoms with van der Waals surface area (Å²) in [6, 6.07) is 8.21. The molecule has 1 aromatic carbocycles. The van der Waals surface area contributed by atoms with Gasteiger partial charge in [0, 0.05) is 19.5 Å². The van der Waals surface area contributed by atoms with Crippen molar-refractivity contribution in [3.05, 3.63) is 35.4 Å². The quantitative estimate of drug-likeness (QED) is 0.707. The highest BCUT2D eigenvalue weighted by molar-refractivity contribution is 5.76. The Hall–Kier alpha value is -1.35. The summed E-state index contributed by atoms with van der Waals surface area (Å²) in [5.41, 5.74) is 2.38. The summed E-state index contributed by atoms with van der Waals surface area (Å²) in [5, 5.41) is 6.24. The molecule has 0 aliphatic rings. The van der Waals surface area contributed by atoms with E-state index in [9.17, 15) is 4.79 Å². The second-order valence-electron chi connectivity index (χ2n) is 5.45. The fraction of sp³-hybridized carbons (Fsp3) is 0.562. The van der Waals surface area contributed by atoms with Gasteiger partial charge >= 0.3 is 0 Å². The maximum absolute atomic E-state index is 11.6. The minimum atomic E-state index is 0.110. The van der Waals surface area contributed by atoms with Crippen molar-refractivity contribution in [2.45, 2.75) is 40.2 Å². The molecule has 1 amide bonds. The summed E-state index contributed by atoms with van der Waals surface area (Å²) in [7, 11) is 0. The number of carbonyl (C=O) groups is 1. The maximum Gasteiger partial charge on any atom is 0.221 e. The van der Waals surface area contributed by atoms with Crippen molar-refractivity contribution in [3.63, 3.8) is 0 Å². The van der Waals surface area contributed by atoms with E-state index in [2.05, 4.69) is 43.5 Å². The van der Waals surface area contributed by atoms with E-state index in [0.29, 0.717) is 18.9 Å². The predicted octanol–water partition coefficient (Wildman–Crippen LogP) is 2.64. The zero-order chi connectivity index (χ0) is 14.1. The van der Waals surface area contributed by atoms with Crippen LogP contribution in [-0.2, 0) is 11.3 Å². The molecule has 0 saturated heterocycles. The normalized spacial score (nSPS) is 10.7. The van der Waals surface area contributed by atoms with Crippen LogP contribution in [0.3, 0.4) is 0 Å². The van der Waals surface area contributed by atoms with Crippen LogP contribution in [0.4, 0.5) is 0 Å². The molecule has 0 spiro atoms. The monoisotopic (exact) mass is 262 g/mol. The average Bonchev–Trinajstić information content (AvgIpc) is 2.35. The molecule has 0 heterocycles. The number of hydrogen-bond acceptors (Lipinski definition) is 2. The molecule has 0 fully saturated rings. The van der Waals surface area contributed by atoms with Crippen molar-refractivity contribution in [2.24, 2.45) is 5.92 Å². The van der Waals surface area contributed by atoms with Crippen LogP contribution < -0.4 is 10.6 Å². The van der Waals surface area contributed by atoms with E-state index in [4.69, 9.17) is 0 Å². The molecule has 0 saturated carbocycles. The van der Waals surface area contributed by atoms with Crippen molar-refractivity contribution >= 4 is 5.91 Å². The summed E-state index contributed by atoms with van der Waals surface area (Å²) < 4.78 is 0. The molecule has 0 unspecified atom stereocenters. The van der Waals surface area contributed by atoms with Gasteiger partial charge in [-0.05, 0) is 31.4 Å². The molecule has 0 aliphatic carbocycles. The molecule has 106 valence electrons. The lowest BCUT2D eigenvalue weighted by Crippen LogP contribution is -2.28. The lowest BCUT2D eigenvalue weighted by atomic mass is 10.1. The van der Waals surface area contributed by atoms with Crippen molar-refractivity contribution in [3.8, 4) is 0 Å².